The van der Waals surface area contributed by atoms with Crippen molar-refractivity contribution in [1.82, 2.24) is 9.96 Å². The molecule has 5 rings (SSSR count). The molecule has 9 heteroatoms. The molecular formula is C22H27N3O6. The molecule has 1 fully saturated rings. The van der Waals surface area contributed by atoms with E-state index in [0.29, 0.717) is 29.5 Å². The molecule has 0 radical (unpaired) electrons. The van der Waals surface area contributed by atoms with Crippen molar-refractivity contribution in [3.05, 3.63) is 35.4 Å². The monoisotopic (exact) mass is 429 g/mol. The molecule has 1 spiro atoms. The summed E-state index contributed by atoms with van der Waals surface area (Å²) in [4.78, 5) is 28.2. The van der Waals surface area contributed by atoms with Crippen LogP contribution in [0.15, 0.2) is 24.3 Å². The summed E-state index contributed by atoms with van der Waals surface area (Å²) in [5.41, 5.74) is 1.88. The number of carbonyl (C=O) groups is 2. The lowest BCUT2D eigenvalue weighted by atomic mass is 9.69. The summed E-state index contributed by atoms with van der Waals surface area (Å²) < 4.78 is 6.38. The summed E-state index contributed by atoms with van der Waals surface area (Å²) in [6, 6.07) is 2.58. The summed E-state index contributed by atoms with van der Waals surface area (Å²) in [7, 11) is 2.05. The largest absolute Gasteiger partial charge is 0.487 e. The number of carbonyl (C=O) groups excluding carboxylic acids is 1. The van der Waals surface area contributed by atoms with E-state index in [-0.39, 0.29) is 18.6 Å². The van der Waals surface area contributed by atoms with Crippen LogP contribution in [0.2, 0.25) is 0 Å². The Balaban J connectivity index is 1.69. The summed E-state index contributed by atoms with van der Waals surface area (Å²) in [6.07, 6.45) is 2.83. The van der Waals surface area contributed by atoms with Gasteiger partial charge in [-0.25, -0.2) is 9.86 Å². The highest BCUT2D eigenvalue weighted by Gasteiger charge is 2.54. The van der Waals surface area contributed by atoms with Crippen molar-refractivity contribution in [3.8, 4) is 5.75 Å². The third-order valence-corrected chi connectivity index (χ3v) is 7.19. The maximum absolute atomic E-state index is 12.6. The fourth-order valence-corrected chi connectivity index (χ4v) is 5.71. The number of hydrogen-bond acceptors (Lipinski definition) is 6. The molecular weight excluding hydrogens is 402 g/mol. The number of hydroxylamine groups is 2. The molecule has 1 aromatic carbocycles. The molecule has 0 bridgehead atoms. The standard InChI is InChI=1S/C22H27N3O6/c1-12-10-24(30)20(27)18(12)25(21(28)29)15-4-3-13-11-23(2)8-7-22-6-5-14(26)9-16(22)31-19(15)17(13)22/h3-6,12,14,16,18,26,30H,7-11H2,1-2H3,(H,28,29)/t12?,14-,16-,18?,22-/m0/s1. The first-order chi connectivity index (χ1) is 14.7. The van der Waals surface area contributed by atoms with Crippen molar-refractivity contribution < 1.29 is 29.7 Å². The van der Waals surface area contributed by atoms with E-state index in [4.69, 9.17) is 4.74 Å². The van der Waals surface area contributed by atoms with Crippen LogP contribution < -0.4 is 9.64 Å². The lowest BCUT2D eigenvalue weighted by Crippen LogP contribution is -2.47. The molecule has 1 aromatic rings. The van der Waals surface area contributed by atoms with E-state index in [0.717, 1.165) is 29.0 Å². The Morgan fingerprint density at radius 2 is 2.13 bits per heavy atom. The normalized spacial score (nSPS) is 34.2. The number of ether oxygens (including phenoxy) is 1. The van der Waals surface area contributed by atoms with Gasteiger partial charge in [0.1, 0.15) is 17.9 Å². The SMILES string of the molecule is CC1CN(O)C(=O)C1N(C(=O)O)c1ccc2c3c1O[C@H]1C[C@@H](O)C=C[C@@]31CCN(C)C2. The zero-order valence-corrected chi connectivity index (χ0v) is 17.6. The van der Waals surface area contributed by atoms with Gasteiger partial charge in [-0.3, -0.25) is 14.9 Å². The van der Waals surface area contributed by atoms with E-state index in [9.17, 15) is 25.0 Å². The third kappa shape index (κ3) is 2.87. The Morgan fingerprint density at radius 1 is 1.35 bits per heavy atom. The van der Waals surface area contributed by atoms with Gasteiger partial charge in [0.2, 0.25) is 0 Å². The number of aliphatic hydroxyl groups is 1. The number of anilines is 1. The molecule has 166 valence electrons. The van der Waals surface area contributed by atoms with Crippen LogP contribution in [0.3, 0.4) is 0 Å². The van der Waals surface area contributed by atoms with Crippen LogP contribution in [0, 0.1) is 5.92 Å². The molecule has 31 heavy (non-hydrogen) atoms. The number of benzene rings is 1. The molecule has 0 saturated carbocycles. The van der Waals surface area contributed by atoms with E-state index in [1.807, 2.05) is 19.2 Å². The van der Waals surface area contributed by atoms with Crippen molar-refractivity contribution in [2.24, 2.45) is 5.92 Å². The van der Waals surface area contributed by atoms with E-state index < -0.39 is 29.6 Å². The predicted molar refractivity (Wildman–Crippen MR) is 110 cm³/mol. The van der Waals surface area contributed by atoms with E-state index in [2.05, 4.69) is 4.90 Å². The average molecular weight is 429 g/mol. The van der Waals surface area contributed by atoms with E-state index >= 15 is 0 Å². The topological polar surface area (TPSA) is 114 Å². The average Bonchev–Trinajstić information content (AvgIpc) is 3.11. The van der Waals surface area contributed by atoms with E-state index in [1.165, 1.54) is 0 Å². The van der Waals surface area contributed by atoms with Gasteiger partial charge in [0, 0.05) is 24.4 Å². The summed E-state index contributed by atoms with van der Waals surface area (Å²) in [5, 5.41) is 30.8. The van der Waals surface area contributed by atoms with Crippen molar-refractivity contribution in [3.63, 3.8) is 0 Å². The minimum atomic E-state index is -1.27. The molecule has 3 heterocycles. The Morgan fingerprint density at radius 3 is 2.81 bits per heavy atom. The zero-order valence-electron chi connectivity index (χ0n) is 17.6. The van der Waals surface area contributed by atoms with Crippen LogP contribution in [0.1, 0.15) is 30.9 Å². The number of amides is 2. The number of aliphatic hydroxyl groups excluding tert-OH is 1. The van der Waals surface area contributed by atoms with Crippen LogP contribution in [0.25, 0.3) is 0 Å². The van der Waals surface area contributed by atoms with Gasteiger partial charge >= 0.3 is 6.09 Å². The second-order valence-electron chi connectivity index (χ2n) is 9.24. The summed E-state index contributed by atoms with van der Waals surface area (Å²) in [6.45, 7) is 3.35. The molecule has 4 aliphatic rings. The van der Waals surface area contributed by atoms with Crippen LogP contribution >= 0.6 is 0 Å². The second kappa shape index (κ2) is 6.94. The molecule has 3 N–H and O–H groups in total. The summed E-state index contributed by atoms with van der Waals surface area (Å²) in [5.74, 6) is -0.558. The minimum absolute atomic E-state index is 0.0701. The Hall–Kier alpha value is -2.62. The molecule has 1 saturated heterocycles. The molecule has 2 amide bonds. The van der Waals surface area contributed by atoms with Gasteiger partial charge in [0.25, 0.3) is 5.91 Å². The quantitative estimate of drug-likeness (QED) is 0.483. The van der Waals surface area contributed by atoms with Gasteiger partial charge in [-0.15, -0.1) is 0 Å². The molecule has 1 aliphatic carbocycles. The molecule has 9 nitrogen and oxygen atoms in total. The smallest absolute Gasteiger partial charge is 0.412 e. The van der Waals surface area contributed by atoms with Gasteiger partial charge in [-0.1, -0.05) is 25.1 Å². The lowest BCUT2D eigenvalue weighted by molar-refractivity contribution is -0.158. The van der Waals surface area contributed by atoms with Crippen LogP contribution in [0.5, 0.6) is 5.75 Å². The fraction of sp³-hybridized carbons (Fsp3) is 0.545. The Labute approximate surface area is 180 Å². The first kappa shape index (κ1) is 20.3. The van der Waals surface area contributed by atoms with Crippen LogP contribution in [-0.4, -0.2) is 75.8 Å². The van der Waals surface area contributed by atoms with Gasteiger partial charge in [-0.2, -0.15) is 0 Å². The predicted octanol–water partition coefficient (Wildman–Crippen LogP) is 1.56. The molecule has 2 unspecified atom stereocenters. The zero-order chi connectivity index (χ0) is 22.1. The number of hydrogen-bond donors (Lipinski definition) is 3. The van der Waals surface area contributed by atoms with Gasteiger partial charge < -0.3 is 19.8 Å². The fourth-order valence-electron chi connectivity index (χ4n) is 5.71. The van der Waals surface area contributed by atoms with Crippen LogP contribution in [0.4, 0.5) is 10.5 Å². The maximum atomic E-state index is 12.6. The highest BCUT2D eigenvalue weighted by Crippen LogP contribution is 2.56. The van der Waals surface area contributed by atoms with Crippen molar-refractivity contribution in [2.75, 3.05) is 25.0 Å². The van der Waals surface area contributed by atoms with Gasteiger partial charge in [0.15, 0.2) is 0 Å². The second-order valence-corrected chi connectivity index (χ2v) is 9.24. The highest BCUT2D eigenvalue weighted by molar-refractivity contribution is 5.99. The number of carboxylic acid groups (broad SMARTS) is 1. The first-order valence-corrected chi connectivity index (χ1v) is 10.6. The highest BCUT2D eigenvalue weighted by atomic mass is 16.5. The number of rotatable bonds is 2. The van der Waals surface area contributed by atoms with Gasteiger partial charge in [0.05, 0.1) is 23.8 Å². The maximum Gasteiger partial charge on any atom is 0.412 e. The Bertz CT molecular complexity index is 980. The number of nitrogens with zero attached hydrogens (tertiary/aromatic N) is 3. The third-order valence-electron chi connectivity index (χ3n) is 7.19. The molecule has 3 aliphatic heterocycles. The summed E-state index contributed by atoms with van der Waals surface area (Å²) >= 11 is 0. The van der Waals surface area contributed by atoms with Crippen LogP contribution in [-0.2, 0) is 16.8 Å². The van der Waals surface area contributed by atoms with Crippen molar-refractivity contribution in [2.45, 2.75) is 50.0 Å². The first-order valence-electron chi connectivity index (χ1n) is 10.6. The lowest BCUT2D eigenvalue weighted by Gasteiger charge is -2.35. The minimum Gasteiger partial charge on any atom is -0.487 e. The molecule has 0 aromatic heterocycles. The van der Waals surface area contributed by atoms with Gasteiger partial charge in [-0.05, 0) is 31.6 Å². The van der Waals surface area contributed by atoms with Crippen molar-refractivity contribution in [1.29, 1.82) is 0 Å². The molecule has 5 atom stereocenters. The van der Waals surface area contributed by atoms with E-state index in [1.54, 1.807) is 19.1 Å². The Kier molecular flexibility index (Phi) is 4.55. The van der Waals surface area contributed by atoms with Crippen molar-refractivity contribution >= 4 is 17.7 Å².